The fraction of sp³-hybridized carbons (Fsp3) is 0.300. The molecule has 0 aliphatic rings. The quantitative estimate of drug-likeness (QED) is 0.463. The zero-order valence-corrected chi connectivity index (χ0v) is 9.52. The van der Waals surface area contributed by atoms with Crippen molar-refractivity contribution in [2.24, 2.45) is 0 Å². The summed E-state index contributed by atoms with van der Waals surface area (Å²) in [6, 6.07) is 4.48. The highest BCUT2D eigenvalue weighted by Crippen LogP contribution is 2.28. The van der Waals surface area contributed by atoms with Crippen LogP contribution in [0.1, 0.15) is 12.5 Å². The van der Waals surface area contributed by atoms with E-state index >= 15 is 0 Å². The third kappa shape index (κ3) is 2.93. The van der Waals surface area contributed by atoms with Gasteiger partial charge >= 0.3 is 5.69 Å². The van der Waals surface area contributed by atoms with Crippen LogP contribution in [-0.2, 0) is 4.79 Å². The van der Waals surface area contributed by atoms with Crippen molar-refractivity contribution in [1.82, 2.24) is 0 Å². The zero-order valence-electron chi connectivity index (χ0n) is 8.77. The SMILES string of the molecule is Cc1ccc(O[C@@H](C)C(=O)Cl)c([N+](=O)[O-])c1. The molecule has 0 heterocycles. The van der Waals surface area contributed by atoms with Gasteiger partial charge < -0.3 is 4.74 Å². The van der Waals surface area contributed by atoms with Crippen molar-refractivity contribution in [2.45, 2.75) is 20.0 Å². The molecule has 5 nitrogen and oxygen atoms in total. The first-order valence-electron chi connectivity index (χ1n) is 4.53. The van der Waals surface area contributed by atoms with Crippen LogP contribution < -0.4 is 4.74 Å². The van der Waals surface area contributed by atoms with Crippen LogP contribution in [-0.4, -0.2) is 16.3 Å². The Morgan fingerprint density at radius 3 is 2.69 bits per heavy atom. The van der Waals surface area contributed by atoms with Gasteiger partial charge in [-0.1, -0.05) is 6.07 Å². The number of aryl methyl sites for hydroxylation is 1. The Labute approximate surface area is 97.1 Å². The van der Waals surface area contributed by atoms with Crippen LogP contribution in [0.25, 0.3) is 0 Å². The lowest BCUT2D eigenvalue weighted by atomic mass is 10.2. The molecule has 1 aromatic rings. The lowest BCUT2D eigenvalue weighted by Gasteiger charge is -2.10. The number of nitro groups is 1. The van der Waals surface area contributed by atoms with Gasteiger partial charge in [0.05, 0.1) is 4.92 Å². The maximum absolute atomic E-state index is 10.8. The molecule has 0 fully saturated rings. The van der Waals surface area contributed by atoms with Crippen LogP contribution in [0.2, 0.25) is 0 Å². The molecule has 1 aromatic carbocycles. The molecule has 0 bridgehead atoms. The first kappa shape index (κ1) is 12.4. The van der Waals surface area contributed by atoms with E-state index in [1.54, 1.807) is 13.0 Å². The van der Waals surface area contributed by atoms with Crippen molar-refractivity contribution in [3.05, 3.63) is 33.9 Å². The van der Waals surface area contributed by atoms with Gasteiger partial charge in [0.1, 0.15) is 0 Å². The van der Waals surface area contributed by atoms with Crippen LogP contribution in [0.5, 0.6) is 5.75 Å². The van der Waals surface area contributed by atoms with Gasteiger partial charge in [-0.05, 0) is 37.1 Å². The Morgan fingerprint density at radius 2 is 2.19 bits per heavy atom. The van der Waals surface area contributed by atoms with Gasteiger partial charge in [-0.2, -0.15) is 0 Å². The lowest BCUT2D eigenvalue weighted by Crippen LogP contribution is -2.19. The van der Waals surface area contributed by atoms with Crippen molar-refractivity contribution in [1.29, 1.82) is 0 Å². The molecule has 0 saturated carbocycles. The van der Waals surface area contributed by atoms with Crippen molar-refractivity contribution >= 4 is 22.5 Å². The Morgan fingerprint density at radius 1 is 1.56 bits per heavy atom. The van der Waals surface area contributed by atoms with E-state index in [4.69, 9.17) is 16.3 Å². The van der Waals surface area contributed by atoms with E-state index in [1.807, 2.05) is 0 Å². The van der Waals surface area contributed by atoms with Crippen molar-refractivity contribution in [3.63, 3.8) is 0 Å². The average Bonchev–Trinajstić information content (AvgIpc) is 2.20. The molecule has 0 saturated heterocycles. The van der Waals surface area contributed by atoms with Gasteiger partial charge in [-0.15, -0.1) is 0 Å². The van der Waals surface area contributed by atoms with Gasteiger partial charge in [-0.25, -0.2) is 0 Å². The molecule has 16 heavy (non-hydrogen) atoms. The monoisotopic (exact) mass is 243 g/mol. The summed E-state index contributed by atoms with van der Waals surface area (Å²) in [6.45, 7) is 3.16. The van der Waals surface area contributed by atoms with E-state index in [0.29, 0.717) is 0 Å². The van der Waals surface area contributed by atoms with Crippen molar-refractivity contribution in [3.8, 4) is 5.75 Å². The highest BCUT2D eigenvalue weighted by molar-refractivity contribution is 6.64. The number of ether oxygens (including phenoxy) is 1. The largest absolute Gasteiger partial charge is 0.474 e. The number of halogens is 1. The molecule has 0 amide bonds. The van der Waals surface area contributed by atoms with Crippen LogP contribution in [0, 0.1) is 17.0 Å². The third-order valence-corrected chi connectivity index (χ3v) is 2.24. The summed E-state index contributed by atoms with van der Waals surface area (Å²) in [4.78, 5) is 20.9. The molecule has 0 N–H and O–H groups in total. The number of benzene rings is 1. The van der Waals surface area contributed by atoms with Crippen LogP contribution in [0.3, 0.4) is 0 Å². The van der Waals surface area contributed by atoms with E-state index in [9.17, 15) is 14.9 Å². The number of nitro benzene ring substituents is 1. The van der Waals surface area contributed by atoms with E-state index in [-0.39, 0.29) is 11.4 Å². The van der Waals surface area contributed by atoms with Crippen molar-refractivity contribution in [2.75, 3.05) is 0 Å². The fourth-order valence-corrected chi connectivity index (χ4v) is 1.15. The lowest BCUT2D eigenvalue weighted by molar-refractivity contribution is -0.386. The van der Waals surface area contributed by atoms with Gasteiger partial charge in [0, 0.05) is 6.07 Å². The summed E-state index contributed by atoms with van der Waals surface area (Å²) in [5.74, 6) is 0.0390. The summed E-state index contributed by atoms with van der Waals surface area (Å²) in [6.07, 6.45) is -0.914. The fourth-order valence-electron chi connectivity index (χ4n) is 1.11. The number of rotatable bonds is 4. The molecule has 86 valence electrons. The number of carbonyl (C=O) groups excluding carboxylic acids is 1. The zero-order chi connectivity index (χ0) is 12.3. The predicted octanol–water partition coefficient (Wildman–Crippen LogP) is 2.44. The van der Waals surface area contributed by atoms with Crippen LogP contribution in [0.15, 0.2) is 18.2 Å². The maximum atomic E-state index is 10.8. The second kappa shape index (κ2) is 4.94. The number of hydrogen-bond acceptors (Lipinski definition) is 4. The third-order valence-electron chi connectivity index (χ3n) is 1.93. The number of carbonyl (C=O) groups is 1. The Balaban J connectivity index is 3.04. The second-order valence-electron chi connectivity index (χ2n) is 3.29. The van der Waals surface area contributed by atoms with Gasteiger partial charge in [0.2, 0.25) is 0 Å². The summed E-state index contributed by atoms with van der Waals surface area (Å²) in [5.41, 5.74) is 0.564. The number of nitrogens with zero attached hydrogens (tertiary/aromatic N) is 1. The molecule has 0 aliphatic carbocycles. The van der Waals surface area contributed by atoms with Gasteiger partial charge in [0.25, 0.3) is 5.24 Å². The number of hydrogen-bond donors (Lipinski definition) is 0. The highest BCUT2D eigenvalue weighted by Gasteiger charge is 2.19. The maximum Gasteiger partial charge on any atom is 0.311 e. The molecule has 0 unspecified atom stereocenters. The van der Waals surface area contributed by atoms with E-state index in [1.165, 1.54) is 19.1 Å². The molecule has 0 radical (unpaired) electrons. The van der Waals surface area contributed by atoms with Gasteiger partial charge in [-0.3, -0.25) is 14.9 Å². The van der Waals surface area contributed by atoms with E-state index < -0.39 is 16.3 Å². The minimum atomic E-state index is -0.914. The molecule has 1 atom stereocenters. The first-order chi connectivity index (χ1) is 7.41. The first-order valence-corrected chi connectivity index (χ1v) is 4.90. The average molecular weight is 244 g/mol. The Kier molecular flexibility index (Phi) is 3.84. The molecule has 0 aromatic heterocycles. The summed E-state index contributed by atoms with van der Waals surface area (Å²) < 4.78 is 5.10. The summed E-state index contributed by atoms with van der Waals surface area (Å²) in [5, 5.41) is 10.0. The second-order valence-corrected chi connectivity index (χ2v) is 3.67. The smallest absolute Gasteiger partial charge is 0.311 e. The van der Waals surface area contributed by atoms with Crippen molar-refractivity contribution < 1.29 is 14.5 Å². The summed E-state index contributed by atoms with van der Waals surface area (Å²) in [7, 11) is 0. The standard InChI is InChI=1S/C10H10ClNO4/c1-6-3-4-9(8(5-6)12(14)15)16-7(2)10(11)13/h3-5,7H,1-2H3/t7-/m0/s1. The Bertz CT molecular complexity index is 433. The predicted molar refractivity (Wildman–Crippen MR) is 58.8 cm³/mol. The highest BCUT2D eigenvalue weighted by atomic mass is 35.5. The summed E-state index contributed by atoms with van der Waals surface area (Å²) >= 11 is 5.21. The van der Waals surface area contributed by atoms with E-state index in [0.717, 1.165) is 5.56 Å². The normalized spacial score (nSPS) is 11.9. The van der Waals surface area contributed by atoms with Crippen LogP contribution in [0.4, 0.5) is 5.69 Å². The van der Waals surface area contributed by atoms with Gasteiger partial charge in [0.15, 0.2) is 11.9 Å². The minimum Gasteiger partial charge on any atom is -0.474 e. The minimum absolute atomic E-state index is 0.0390. The molecule has 1 rings (SSSR count). The Hall–Kier alpha value is -1.62. The molecular formula is C10H10ClNO4. The molecule has 6 heteroatoms. The molecular weight excluding hydrogens is 234 g/mol. The molecule has 0 aliphatic heterocycles. The van der Waals surface area contributed by atoms with Crippen LogP contribution >= 0.6 is 11.6 Å². The van der Waals surface area contributed by atoms with E-state index in [2.05, 4.69) is 0 Å². The topological polar surface area (TPSA) is 69.4 Å². The molecule has 0 spiro atoms.